The number of aliphatic hydroxyl groups excluding tert-OH is 1. The van der Waals surface area contributed by atoms with Crippen LogP contribution in [-0.4, -0.2) is 43.7 Å². The predicted molar refractivity (Wildman–Crippen MR) is 84.9 cm³/mol. The molecule has 118 valence electrons. The van der Waals surface area contributed by atoms with Crippen molar-refractivity contribution in [2.45, 2.75) is 45.3 Å². The van der Waals surface area contributed by atoms with Gasteiger partial charge in [0, 0.05) is 12.2 Å². The van der Waals surface area contributed by atoms with E-state index in [1.807, 2.05) is 13.8 Å². The Bertz CT molecular complexity index is 434. The molecule has 2 N–H and O–H groups in total. The minimum Gasteiger partial charge on any atom is -0.389 e. The molecule has 21 heavy (non-hydrogen) atoms. The van der Waals surface area contributed by atoms with Crippen LogP contribution in [0.3, 0.4) is 0 Å². The van der Waals surface area contributed by atoms with E-state index >= 15 is 0 Å². The number of hydrogen-bond donors (Lipinski definition) is 2. The van der Waals surface area contributed by atoms with Gasteiger partial charge in [0.2, 0.25) is 0 Å². The van der Waals surface area contributed by atoms with E-state index in [1.165, 1.54) is 30.4 Å². The van der Waals surface area contributed by atoms with E-state index in [9.17, 15) is 5.11 Å². The molecule has 0 aliphatic heterocycles. The van der Waals surface area contributed by atoms with E-state index in [-0.39, 0.29) is 6.10 Å². The normalized spacial score (nSPS) is 15.2. The molecule has 0 saturated carbocycles. The number of aryl methyl sites for hydroxylation is 2. The molecule has 0 saturated heterocycles. The van der Waals surface area contributed by atoms with Crippen LogP contribution in [0.1, 0.15) is 31.4 Å². The third-order valence-electron chi connectivity index (χ3n) is 3.63. The van der Waals surface area contributed by atoms with Gasteiger partial charge in [-0.2, -0.15) is 0 Å². The molecular weight excluding hydrogens is 266 g/mol. The Balaban J connectivity index is 1.61. The first-order chi connectivity index (χ1) is 10.1. The highest BCUT2D eigenvalue weighted by Crippen LogP contribution is 2.24. The van der Waals surface area contributed by atoms with Gasteiger partial charge in [-0.1, -0.05) is 6.07 Å². The molecule has 0 heterocycles. The largest absolute Gasteiger partial charge is 0.389 e. The standard InChI is InChI=1S/C17H27NO3/c1-13(2)21-9-8-20-12-17(19)11-18-16-7-6-14-4-3-5-15(14)10-16/h6-7,10,13,17-19H,3-5,8-9,11-12H2,1-2H3. The number of rotatable bonds is 9. The second-order valence-electron chi connectivity index (χ2n) is 5.87. The summed E-state index contributed by atoms with van der Waals surface area (Å²) in [6.45, 7) is 5.92. The molecule has 1 aliphatic carbocycles. The zero-order chi connectivity index (χ0) is 15.1. The van der Waals surface area contributed by atoms with Crippen molar-refractivity contribution in [3.8, 4) is 0 Å². The van der Waals surface area contributed by atoms with Crippen molar-refractivity contribution in [1.82, 2.24) is 0 Å². The number of fused-ring (bicyclic) bond motifs is 1. The van der Waals surface area contributed by atoms with Gasteiger partial charge in [-0.05, 0) is 56.4 Å². The molecule has 0 spiro atoms. The summed E-state index contributed by atoms with van der Waals surface area (Å²) >= 11 is 0. The van der Waals surface area contributed by atoms with E-state index in [0.717, 1.165) is 5.69 Å². The van der Waals surface area contributed by atoms with Crippen LogP contribution in [0.15, 0.2) is 18.2 Å². The molecular formula is C17H27NO3. The summed E-state index contributed by atoms with van der Waals surface area (Å²) in [5.74, 6) is 0. The summed E-state index contributed by atoms with van der Waals surface area (Å²) in [5.41, 5.74) is 3.99. The Morgan fingerprint density at radius 2 is 2.00 bits per heavy atom. The van der Waals surface area contributed by atoms with E-state index in [2.05, 4.69) is 23.5 Å². The van der Waals surface area contributed by atoms with Gasteiger partial charge in [0.1, 0.15) is 0 Å². The molecule has 4 nitrogen and oxygen atoms in total. The Kier molecular flexibility index (Phi) is 6.49. The molecule has 4 heteroatoms. The molecule has 0 bridgehead atoms. The first kappa shape index (κ1) is 16.3. The summed E-state index contributed by atoms with van der Waals surface area (Å²) in [6.07, 6.45) is 3.35. The van der Waals surface area contributed by atoms with Crippen LogP contribution in [0.5, 0.6) is 0 Å². The molecule has 0 radical (unpaired) electrons. The molecule has 1 aromatic carbocycles. The molecule has 1 atom stereocenters. The summed E-state index contributed by atoms with van der Waals surface area (Å²) in [7, 11) is 0. The maximum absolute atomic E-state index is 9.88. The molecule has 0 aromatic heterocycles. The van der Waals surface area contributed by atoms with Gasteiger partial charge in [-0.15, -0.1) is 0 Å². The van der Waals surface area contributed by atoms with Crippen LogP contribution in [0.4, 0.5) is 5.69 Å². The van der Waals surface area contributed by atoms with Crippen LogP contribution in [0.25, 0.3) is 0 Å². The number of nitrogens with one attached hydrogen (secondary N) is 1. The average Bonchev–Trinajstić information content (AvgIpc) is 2.92. The monoisotopic (exact) mass is 293 g/mol. The minimum absolute atomic E-state index is 0.222. The fraction of sp³-hybridized carbons (Fsp3) is 0.647. The van der Waals surface area contributed by atoms with Gasteiger partial charge in [0.25, 0.3) is 0 Å². The summed E-state index contributed by atoms with van der Waals surface area (Å²) in [5, 5.41) is 13.2. The predicted octanol–water partition coefficient (Wildman–Crippen LogP) is 2.39. The quantitative estimate of drug-likeness (QED) is 0.686. The maximum Gasteiger partial charge on any atom is 0.0945 e. The fourth-order valence-corrected chi connectivity index (χ4v) is 2.54. The van der Waals surface area contributed by atoms with Crippen molar-refractivity contribution < 1.29 is 14.6 Å². The highest BCUT2D eigenvalue weighted by molar-refractivity contribution is 5.50. The highest BCUT2D eigenvalue weighted by atomic mass is 16.5. The summed E-state index contributed by atoms with van der Waals surface area (Å²) in [6, 6.07) is 6.48. The highest BCUT2D eigenvalue weighted by Gasteiger charge is 2.11. The summed E-state index contributed by atoms with van der Waals surface area (Å²) in [4.78, 5) is 0. The van der Waals surface area contributed by atoms with Gasteiger partial charge in [-0.25, -0.2) is 0 Å². The van der Waals surface area contributed by atoms with Gasteiger partial charge in [-0.3, -0.25) is 0 Å². The lowest BCUT2D eigenvalue weighted by Gasteiger charge is -2.14. The van der Waals surface area contributed by atoms with Gasteiger partial charge >= 0.3 is 0 Å². The van der Waals surface area contributed by atoms with Crippen molar-refractivity contribution in [3.63, 3.8) is 0 Å². The lowest BCUT2D eigenvalue weighted by Crippen LogP contribution is -2.26. The van der Waals surface area contributed by atoms with Crippen LogP contribution in [0.2, 0.25) is 0 Å². The lowest BCUT2D eigenvalue weighted by molar-refractivity contribution is -0.00734. The van der Waals surface area contributed by atoms with E-state index in [0.29, 0.717) is 26.4 Å². The Morgan fingerprint density at radius 3 is 2.81 bits per heavy atom. The van der Waals surface area contributed by atoms with Gasteiger partial charge in [0.05, 0.1) is 32.0 Å². The van der Waals surface area contributed by atoms with Crippen molar-refractivity contribution in [2.75, 3.05) is 31.7 Å². The Hall–Kier alpha value is -1.10. The molecule has 0 amide bonds. The van der Waals surface area contributed by atoms with Gasteiger partial charge < -0.3 is 19.9 Å². The smallest absolute Gasteiger partial charge is 0.0945 e. The average molecular weight is 293 g/mol. The second kappa shape index (κ2) is 8.37. The number of aliphatic hydroxyl groups is 1. The minimum atomic E-state index is -0.502. The van der Waals surface area contributed by atoms with Crippen LogP contribution in [0, 0.1) is 0 Å². The van der Waals surface area contributed by atoms with Crippen LogP contribution >= 0.6 is 0 Å². The van der Waals surface area contributed by atoms with Crippen molar-refractivity contribution >= 4 is 5.69 Å². The number of ether oxygens (including phenoxy) is 2. The Labute approximate surface area is 127 Å². The molecule has 1 aromatic rings. The molecule has 1 aliphatic rings. The third kappa shape index (κ3) is 5.65. The fourth-order valence-electron chi connectivity index (χ4n) is 2.54. The van der Waals surface area contributed by atoms with Crippen molar-refractivity contribution in [1.29, 1.82) is 0 Å². The molecule has 0 fully saturated rings. The third-order valence-corrected chi connectivity index (χ3v) is 3.63. The number of anilines is 1. The number of hydrogen-bond acceptors (Lipinski definition) is 4. The summed E-state index contributed by atoms with van der Waals surface area (Å²) < 4.78 is 10.8. The zero-order valence-corrected chi connectivity index (χ0v) is 13.1. The molecule has 2 rings (SSSR count). The van der Waals surface area contributed by atoms with E-state index < -0.39 is 6.10 Å². The number of benzene rings is 1. The van der Waals surface area contributed by atoms with Gasteiger partial charge in [0.15, 0.2) is 0 Å². The second-order valence-corrected chi connectivity index (χ2v) is 5.87. The Morgan fingerprint density at radius 1 is 1.19 bits per heavy atom. The van der Waals surface area contributed by atoms with E-state index in [4.69, 9.17) is 9.47 Å². The lowest BCUT2D eigenvalue weighted by atomic mass is 10.1. The zero-order valence-electron chi connectivity index (χ0n) is 13.1. The van der Waals surface area contributed by atoms with Crippen LogP contribution < -0.4 is 5.32 Å². The maximum atomic E-state index is 9.88. The van der Waals surface area contributed by atoms with Crippen molar-refractivity contribution in [3.05, 3.63) is 29.3 Å². The topological polar surface area (TPSA) is 50.7 Å². The first-order valence-corrected chi connectivity index (χ1v) is 7.88. The van der Waals surface area contributed by atoms with Crippen LogP contribution in [-0.2, 0) is 22.3 Å². The van der Waals surface area contributed by atoms with E-state index in [1.54, 1.807) is 0 Å². The SMILES string of the molecule is CC(C)OCCOCC(O)CNc1ccc2c(c1)CCC2. The van der Waals surface area contributed by atoms with Crippen molar-refractivity contribution in [2.24, 2.45) is 0 Å². The molecule has 1 unspecified atom stereocenters. The first-order valence-electron chi connectivity index (χ1n) is 7.88.